The molecule has 0 spiro atoms. The Morgan fingerprint density at radius 3 is 2.47 bits per heavy atom. The molecule has 184 valence electrons. The molecule has 3 rings (SSSR count). The van der Waals surface area contributed by atoms with Gasteiger partial charge in [0, 0.05) is 24.0 Å². The van der Waals surface area contributed by atoms with Crippen molar-refractivity contribution in [3.63, 3.8) is 0 Å². The molecule has 34 heavy (non-hydrogen) atoms. The van der Waals surface area contributed by atoms with Gasteiger partial charge in [0.2, 0.25) is 5.91 Å². The fourth-order valence-corrected chi connectivity index (χ4v) is 4.27. The number of anilines is 2. The van der Waals surface area contributed by atoms with Crippen molar-refractivity contribution in [3.8, 4) is 0 Å². The zero-order chi connectivity index (χ0) is 25.4. The fraction of sp³-hybridized carbons (Fsp3) is 0.435. The average molecular weight is 502 g/mol. The van der Waals surface area contributed by atoms with Crippen LogP contribution in [0.4, 0.5) is 29.1 Å². The molecule has 1 unspecified atom stereocenters. The third-order valence-electron chi connectivity index (χ3n) is 5.62. The van der Waals surface area contributed by atoms with Crippen LogP contribution in [0.15, 0.2) is 30.3 Å². The Labute approximate surface area is 199 Å². The van der Waals surface area contributed by atoms with Crippen LogP contribution in [0.2, 0.25) is 5.02 Å². The van der Waals surface area contributed by atoms with Crippen LogP contribution in [-0.2, 0) is 20.5 Å². The second-order valence-corrected chi connectivity index (χ2v) is 8.78. The van der Waals surface area contributed by atoms with Crippen LogP contribution < -0.4 is 9.80 Å². The SMILES string of the molecule is COC(=O)[C@H]1CC(C(=O)N(c2ccc(F)c(Cl)c2)C(C)C)N(c2cc(C(F)(F)F)cc(C)n2)C1. The number of carbonyl (C=O) groups excluding carboxylic acids is 2. The van der Waals surface area contributed by atoms with E-state index in [1.54, 1.807) is 13.8 Å². The summed E-state index contributed by atoms with van der Waals surface area (Å²) in [4.78, 5) is 33.0. The van der Waals surface area contributed by atoms with Gasteiger partial charge in [0.05, 0.1) is 23.6 Å². The Bertz CT molecular complexity index is 1090. The molecule has 1 fully saturated rings. The zero-order valence-corrected chi connectivity index (χ0v) is 19.7. The molecule has 1 saturated heterocycles. The van der Waals surface area contributed by atoms with E-state index in [0.29, 0.717) is 5.69 Å². The van der Waals surface area contributed by atoms with Crippen molar-refractivity contribution in [2.45, 2.75) is 45.5 Å². The Hall–Kier alpha value is -2.88. The maximum atomic E-state index is 13.7. The van der Waals surface area contributed by atoms with Gasteiger partial charge in [-0.15, -0.1) is 0 Å². The van der Waals surface area contributed by atoms with Crippen molar-refractivity contribution in [2.75, 3.05) is 23.5 Å². The molecule has 0 radical (unpaired) electrons. The van der Waals surface area contributed by atoms with E-state index in [9.17, 15) is 27.2 Å². The summed E-state index contributed by atoms with van der Waals surface area (Å²) in [6, 6.07) is 4.19. The van der Waals surface area contributed by atoms with E-state index < -0.39 is 47.4 Å². The number of methoxy groups -OCH3 is 1. The van der Waals surface area contributed by atoms with Gasteiger partial charge >= 0.3 is 12.1 Å². The van der Waals surface area contributed by atoms with Crippen molar-refractivity contribution in [1.29, 1.82) is 0 Å². The zero-order valence-electron chi connectivity index (χ0n) is 19.0. The van der Waals surface area contributed by atoms with Gasteiger partial charge in [-0.3, -0.25) is 9.59 Å². The largest absolute Gasteiger partial charge is 0.469 e. The lowest BCUT2D eigenvalue weighted by Gasteiger charge is -2.33. The molecule has 0 saturated carbocycles. The number of hydrogen-bond acceptors (Lipinski definition) is 5. The van der Waals surface area contributed by atoms with E-state index in [1.807, 2.05) is 0 Å². The minimum atomic E-state index is -4.61. The second kappa shape index (κ2) is 9.77. The number of nitrogens with zero attached hydrogens (tertiary/aromatic N) is 3. The third kappa shape index (κ3) is 5.27. The first-order chi connectivity index (χ1) is 15.8. The van der Waals surface area contributed by atoms with Gasteiger partial charge < -0.3 is 14.5 Å². The number of aromatic nitrogens is 1. The fourth-order valence-electron chi connectivity index (χ4n) is 4.10. The van der Waals surface area contributed by atoms with Crippen molar-refractivity contribution < 1.29 is 31.9 Å². The number of esters is 1. The van der Waals surface area contributed by atoms with Crippen LogP contribution in [0.1, 0.15) is 31.5 Å². The highest BCUT2D eigenvalue weighted by molar-refractivity contribution is 6.31. The molecule has 2 atom stereocenters. The van der Waals surface area contributed by atoms with E-state index >= 15 is 0 Å². The molecule has 0 aliphatic carbocycles. The van der Waals surface area contributed by atoms with E-state index in [0.717, 1.165) is 18.2 Å². The normalized spacial score (nSPS) is 18.4. The molecule has 0 N–H and O–H groups in total. The quantitative estimate of drug-likeness (QED) is 0.426. The van der Waals surface area contributed by atoms with Crippen molar-refractivity contribution in [3.05, 3.63) is 52.4 Å². The van der Waals surface area contributed by atoms with Crippen molar-refractivity contribution in [2.24, 2.45) is 5.92 Å². The van der Waals surface area contributed by atoms with Crippen LogP contribution in [0.25, 0.3) is 0 Å². The Morgan fingerprint density at radius 2 is 1.91 bits per heavy atom. The Morgan fingerprint density at radius 1 is 1.24 bits per heavy atom. The van der Waals surface area contributed by atoms with E-state index in [2.05, 4.69) is 4.98 Å². The monoisotopic (exact) mass is 501 g/mol. The number of halogens is 5. The second-order valence-electron chi connectivity index (χ2n) is 8.38. The van der Waals surface area contributed by atoms with E-state index in [1.165, 1.54) is 36.0 Å². The molecule has 1 amide bonds. The molecule has 1 aromatic heterocycles. The first-order valence-corrected chi connectivity index (χ1v) is 10.9. The Balaban J connectivity index is 2.07. The molecule has 2 heterocycles. The summed E-state index contributed by atoms with van der Waals surface area (Å²) in [6.07, 6.45) is -4.60. The lowest BCUT2D eigenvalue weighted by molar-refractivity contribution is -0.144. The van der Waals surface area contributed by atoms with E-state index in [4.69, 9.17) is 16.3 Å². The summed E-state index contributed by atoms with van der Waals surface area (Å²) in [6.45, 7) is 4.84. The van der Waals surface area contributed by atoms with Gasteiger partial charge in [0.1, 0.15) is 17.7 Å². The minimum absolute atomic E-state index is 0.0145. The summed E-state index contributed by atoms with van der Waals surface area (Å²) >= 11 is 5.91. The topological polar surface area (TPSA) is 62.7 Å². The number of hydrogen-bond donors (Lipinski definition) is 0. The van der Waals surface area contributed by atoms with Gasteiger partial charge in [-0.05, 0) is 57.5 Å². The Kier molecular flexibility index (Phi) is 7.40. The van der Waals surface area contributed by atoms with E-state index in [-0.39, 0.29) is 29.5 Å². The highest BCUT2D eigenvalue weighted by Crippen LogP contribution is 2.36. The van der Waals surface area contributed by atoms with Gasteiger partial charge in [0.25, 0.3) is 0 Å². The number of rotatable bonds is 5. The molecule has 6 nitrogen and oxygen atoms in total. The summed E-state index contributed by atoms with van der Waals surface area (Å²) in [5.41, 5.74) is -0.474. The van der Waals surface area contributed by atoms with Crippen LogP contribution >= 0.6 is 11.6 Å². The summed E-state index contributed by atoms with van der Waals surface area (Å²) < 4.78 is 58.8. The maximum Gasteiger partial charge on any atom is 0.416 e. The maximum absolute atomic E-state index is 13.7. The minimum Gasteiger partial charge on any atom is -0.469 e. The number of aryl methyl sites for hydroxylation is 1. The highest BCUT2D eigenvalue weighted by Gasteiger charge is 2.44. The van der Waals surface area contributed by atoms with Crippen LogP contribution in [0.5, 0.6) is 0 Å². The molecular formula is C23H24ClF4N3O3. The summed E-state index contributed by atoms with van der Waals surface area (Å²) in [5.74, 6) is -2.54. The number of benzene rings is 1. The number of pyridine rings is 1. The number of ether oxygens (including phenoxy) is 1. The highest BCUT2D eigenvalue weighted by atomic mass is 35.5. The molecule has 1 aromatic carbocycles. The summed E-state index contributed by atoms with van der Waals surface area (Å²) in [5, 5.41) is -0.179. The van der Waals surface area contributed by atoms with Crippen LogP contribution in [0.3, 0.4) is 0 Å². The third-order valence-corrected chi connectivity index (χ3v) is 5.91. The first-order valence-electron chi connectivity index (χ1n) is 10.5. The predicted molar refractivity (Wildman–Crippen MR) is 119 cm³/mol. The smallest absolute Gasteiger partial charge is 0.416 e. The van der Waals surface area contributed by atoms with Crippen molar-refractivity contribution in [1.82, 2.24) is 4.98 Å². The molecule has 11 heteroatoms. The van der Waals surface area contributed by atoms with Crippen LogP contribution in [-0.4, -0.2) is 42.6 Å². The predicted octanol–water partition coefficient (Wildman–Crippen LogP) is 5.01. The number of alkyl halides is 3. The number of carbonyl (C=O) groups is 2. The molecular weight excluding hydrogens is 478 g/mol. The molecule has 2 aromatic rings. The van der Waals surface area contributed by atoms with Crippen molar-refractivity contribution >= 4 is 35.0 Å². The van der Waals surface area contributed by atoms with Gasteiger partial charge in [-0.25, -0.2) is 9.37 Å². The van der Waals surface area contributed by atoms with Crippen LogP contribution in [0, 0.1) is 18.7 Å². The van der Waals surface area contributed by atoms with Gasteiger partial charge in [-0.1, -0.05) is 11.6 Å². The lowest BCUT2D eigenvalue weighted by Crippen LogP contribution is -2.49. The van der Waals surface area contributed by atoms with Gasteiger partial charge in [-0.2, -0.15) is 13.2 Å². The first kappa shape index (κ1) is 25.7. The molecule has 1 aliphatic heterocycles. The summed E-state index contributed by atoms with van der Waals surface area (Å²) in [7, 11) is 1.20. The number of amides is 1. The lowest BCUT2D eigenvalue weighted by atomic mass is 10.0. The molecule has 1 aliphatic rings. The standard InChI is InChI=1S/C23H24ClF4N3O3/c1-12(2)31(16-5-6-18(25)17(24)10-16)21(32)19-8-14(22(33)34-4)11-30(19)20-9-15(23(26,27)28)7-13(3)29-20/h5-7,9-10,12,14,19H,8,11H2,1-4H3/t14-,19?/m0/s1. The average Bonchev–Trinajstić information content (AvgIpc) is 3.20. The molecule has 0 bridgehead atoms. The van der Waals surface area contributed by atoms with Gasteiger partial charge in [0.15, 0.2) is 0 Å².